The van der Waals surface area contributed by atoms with Crippen molar-refractivity contribution in [2.75, 3.05) is 0 Å². The number of allylic oxidation sites excluding steroid dienone is 1. The highest BCUT2D eigenvalue weighted by molar-refractivity contribution is 5.76. The van der Waals surface area contributed by atoms with Crippen LogP contribution in [0.15, 0.2) is 0 Å². The van der Waals surface area contributed by atoms with Crippen LogP contribution >= 0.6 is 0 Å². The molecular formula is C26H42O. The maximum absolute atomic E-state index is 9.00. The van der Waals surface area contributed by atoms with E-state index in [0.717, 1.165) is 11.3 Å². The first-order valence-corrected chi connectivity index (χ1v) is 10.8. The van der Waals surface area contributed by atoms with Gasteiger partial charge < -0.3 is 4.74 Å². The van der Waals surface area contributed by atoms with Crippen LogP contribution < -0.4 is 4.74 Å². The molecule has 0 N–H and O–H groups in total. The fraction of sp³-hybridized carbons (Fsp3) is 0.692. The summed E-state index contributed by atoms with van der Waals surface area (Å²) in [5, 5.41) is 0. The van der Waals surface area contributed by atoms with E-state index in [1.165, 1.54) is 27.8 Å². The summed E-state index contributed by atoms with van der Waals surface area (Å²) in [5.41, 5.74) is 7.24. The number of benzene rings is 1. The molecule has 1 aromatic rings. The zero-order valence-corrected chi connectivity index (χ0v) is 19.9. The maximum atomic E-state index is 9.00. The lowest BCUT2D eigenvalue weighted by Crippen LogP contribution is -2.19. The number of ether oxygens (including phenoxy) is 1. The average molecular weight is 371 g/mol. The van der Waals surface area contributed by atoms with Gasteiger partial charge in [-0.2, -0.15) is 0 Å². The highest BCUT2D eigenvalue weighted by Gasteiger charge is 2.31. The lowest BCUT2D eigenvalue weighted by Gasteiger charge is -2.34. The van der Waals surface area contributed by atoms with E-state index in [1.54, 1.807) is 0 Å². The first-order valence-electron chi connectivity index (χ1n) is 10.8. The first-order chi connectivity index (χ1) is 12.3. The first kappa shape index (κ1) is 23.8. The smallest absolute Gasteiger partial charge is 0.127 e. The van der Waals surface area contributed by atoms with Crippen LogP contribution in [0.25, 0.3) is 5.57 Å². The molecule has 0 bridgehead atoms. The van der Waals surface area contributed by atoms with Crippen molar-refractivity contribution in [3.05, 3.63) is 34.4 Å². The predicted molar refractivity (Wildman–Crippen MR) is 120 cm³/mol. The third kappa shape index (κ3) is 4.98. The molecule has 27 heavy (non-hydrogen) atoms. The molecule has 0 aromatic heterocycles. The van der Waals surface area contributed by atoms with E-state index in [0.29, 0.717) is 23.7 Å². The van der Waals surface area contributed by atoms with Gasteiger partial charge in [0.2, 0.25) is 0 Å². The van der Waals surface area contributed by atoms with Gasteiger partial charge in [0.25, 0.3) is 0 Å². The molecule has 0 heterocycles. The van der Waals surface area contributed by atoms with Gasteiger partial charge in [0, 0.05) is 11.1 Å². The topological polar surface area (TPSA) is 9.23 Å². The van der Waals surface area contributed by atoms with Crippen molar-refractivity contribution in [2.45, 2.75) is 113 Å². The summed E-state index contributed by atoms with van der Waals surface area (Å²) in [4.78, 5) is 0. The van der Waals surface area contributed by atoms with E-state index in [4.69, 9.17) is 11.3 Å². The van der Waals surface area contributed by atoms with E-state index >= 15 is 0 Å². The molecule has 0 aliphatic rings. The highest BCUT2D eigenvalue weighted by atomic mass is 16.5. The molecule has 1 nitrogen and oxygen atoms in total. The minimum Gasteiger partial charge on any atom is -0.490 e. The van der Waals surface area contributed by atoms with Crippen LogP contribution in [0.3, 0.4) is 0 Å². The van der Waals surface area contributed by atoms with Gasteiger partial charge in [-0.15, -0.1) is 0 Å². The molecule has 0 atom stereocenters. The number of rotatable bonds is 8. The van der Waals surface area contributed by atoms with Gasteiger partial charge in [0.1, 0.15) is 5.75 Å². The fourth-order valence-corrected chi connectivity index (χ4v) is 4.09. The van der Waals surface area contributed by atoms with Crippen LogP contribution in [-0.2, 0) is 0 Å². The number of hydrogen-bond donors (Lipinski definition) is 0. The summed E-state index contributed by atoms with van der Waals surface area (Å²) in [6.07, 6.45) is 0.135. The van der Waals surface area contributed by atoms with E-state index in [9.17, 15) is 0 Å². The third-order valence-electron chi connectivity index (χ3n) is 5.12. The van der Waals surface area contributed by atoms with Crippen molar-refractivity contribution in [3.8, 4) is 5.75 Å². The molecule has 152 valence electrons. The summed E-state index contributed by atoms with van der Waals surface area (Å²) in [5.74, 6) is 2.70. The highest BCUT2D eigenvalue weighted by Crippen LogP contribution is 2.49. The SMILES string of the molecule is [C]=C(c1c(C(C)C)c(C(C)C)c(OC(C)C)c(C(C)C)c1C(C)C)C(C)C. The van der Waals surface area contributed by atoms with Gasteiger partial charge in [-0.3, -0.25) is 0 Å². The standard InChI is InChI=1S/C26H42O/c1-14(2)20(13)25-21(15(3)4)23(17(7)8)26(27-19(11)12)24(18(9)10)22(25)16(5)6/h14-19H,1-12H3. The zero-order chi connectivity index (χ0) is 21.2. The predicted octanol–water partition coefficient (Wildman–Crippen LogP) is 8.32. The molecule has 0 aliphatic carbocycles. The van der Waals surface area contributed by atoms with Crippen molar-refractivity contribution in [3.63, 3.8) is 0 Å². The molecule has 0 unspecified atom stereocenters. The largest absolute Gasteiger partial charge is 0.490 e. The van der Waals surface area contributed by atoms with Gasteiger partial charge in [0.05, 0.1) is 6.10 Å². The molecule has 0 saturated carbocycles. The summed E-state index contributed by atoms with van der Waals surface area (Å²) >= 11 is 0. The molecular weight excluding hydrogens is 328 g/mol. The minimum absolute atomic E-state index is 0.135. The Morgan fingerprint density at radius 3 is 1.15 bits per heavy atom. The second-order valence-corrected chi connectivity index (χ2v) is 9.71. The van der Waals surface area contributed by atoms with Crippen LogP contribution in [0.4, 0.5) is 0 Å². The molecule has 1 heteroatoms. The second-order valence-electron chi connectivity index (χ2n) is 9.71. The number of hydrogen-bond acceptors (Lipinski definition) is 1. The van der Waals surface area contributed by atoms with E-state index in [2.05, 4.69) is 83.1 Å². The molecule has 0 amide bonds. The molecule has 0 fully saturated rings. The van der Waals surface area contributed by atoms with Gasteiger partial charge in [-0.1, -0.05) is 69.2 Å². The lowest BCUT2D eigenvalue weighted by molar-refractivity contribution is 0.235. The summed E-state index contributed by atoms with van der Waals surface area (Å²) in [6.45, 7) is 35.6. The molecule has 0 aliphatic heterocycles. The lowest BCUT2D eigenvalue weighted by atomic mass is 9.73. The molecule has 2 radical (unpaired) electrons. The fourth-order valence-electron chi connectivity index (χ4n) is 4.09. The summed E-state index contributed by atoms with van der Waals surface area (Å²) in [6, 6.07) is 0. The Balaban J connectivity index is 4.27. The van der Waals surface area contributed by atoms with E-state index in [-0.39, 0.29) is 12.0 Å². The Kier molecular flexibility index (Phi) is 8.20. The monoisotopic (exact) mass is 370 g/mol. The van der Waals surface area contributed by atoms with Crippen molar-refractivity contribution in [2.24, 2.45) is 5.92 Å². The van der Waals surface area contributed by atoms with Gasteiger partial charge in [-0.25, -0.2) is 0 Å². The van der Waals surface area contributed by atoms with Gasteiger partial charge in [0.15, 0.2) is 0 Å². The Labute approximate surface area is 169 Å². The maximum Gasteiger partial charge on any atom is 0.127 e. The Morgan fingerprint density at radius 2 is 0.926 bits per heavy atom. The van der Waals surface area contributed by atoms with Crippen molar-refractivity contribution in [1.82, 2.24) is 0 Å². The van der Waals surface area contributed by atoms with Crippen LogP contribution in [0.5, 0.6) is 5.75 Å². The van der Waals surface area contributed by atoms with Crippen molar-refractivity contribution in [1.29, 1.82) is 0 Å². The molecule has 1 aromatic carbocycles. The van der Waals surface area contributed by atoms with E-state index < -0.39 is 0 Å². The molecule has 0 saturated heterocycles. The minimum atomic E-state index is 0.135. The van der Waals surface area contributed by atoms with Gasteiger partial charge >= 0.3 is 0 Å². The Morgan fingerprint density at radius 1 is 0.593 bits per heavy atom. The van der Waals surface area contributed by atoms with Crippen LogP contribution in [0.2, 0.25) is 0 Å². The van der Waals surface area contributed by atoms with Crippen molar-refractivity contribution < 1.29 is 4.74 Å². The van der Waals surface area contributed by atoms with Crippen LogP contribution in [-0.4, -0.2) is 6.10 Å². The molecule has 0 spiro atoms. The summed E-state index contributed by atoms with van der Waals surface area (Å²) in [7, 11) is 0. The third-order valence-corrected chi connectivity index (χ3v) is 5.12. The normalized spacial score (nSPS) is 12.4. The van der Waals surface area contributed by atoms with Crippen molar-refractivity contribution >= 4 is 5.57 Å². The average Bonchev–Trinajstić information content (AvgIpc) is 2.50. The van der Waals surface area contributed by atoms with Crippen LogP contribution in [0, 0.1) is 12.5 Å². The molecule has 1 rings (SSSR count). The van der Waals surface area contributed by atoms with Gasteiger partial charge in [-0.05, 0) is 72.3 Å². The second kappa shape index (κ2) is 9.30. The quantitative estimate of drug-likeness (QED) is 0.447. The van der Waals surface area contributed by atoms with E-state index in [1.807, 2.05) is 0 Å². The van der Waals surface area contributed by atoms with Crippen LogP contribution in [0.1, 0.15) is 135 Å². The Bertz CT molecular complexity index is 616. The summed E-state index contributed by atoms with van der Waals surface area (Å²) < 4.78 is 6.51. The zero-order valence-electron chi connectivity index (χ0n) is 19.9. The Hall–Kier alpha value is -1.24.